The van der Waals surface area contributed by atoms with E-state index in [1.54, 1.807) is 31.2 Å². The summed E-state index contributed by atoms with van der Waals surface area (Å²) in [5.41, 5.74) is -0.810. The molecule has 0 aromatic heterocycles. The highest BCUT2D eigenvalue weighted by atomic mass is 16.5. The van der Waals surface area contributed by atoms with Crippen molar-refractivity contribution >= 4 is 5.97 Å². The molecule has 1 rings (SSSR count). The van der Waals surface area contributed by atoms with E-state index in [9.17, 15) is 4.79 Å². The third-order valence-corrected chi connectivity index (χ3v) is 2.58. The predicted octanol–water partition coefficient (Wildman–Crippen LogP) is 2.00. The Hall–Kier alpha value is -1.35. The van der Waals surface area contributed by atoms with Gasteiger partial charge < -0.3 is 9.84 Å². The van der Waals surface area contributed by atoms with Gasteiger partial charge in [0.25, 0.3) is 0 Å². The van der Waals surface area contributed by atoms with E-state index in [4.69, 9.17) is 9.84 Å². The van der Waals surface area contributed by atoms with Crippen LogP contribution >= 0.6 is 0 Å². The molecule has 1 aromatic rings. The molecule has 0 bridgehead atoms. The molecule has 0 heterocycles. The first-order chi connectivity index (χ1) is 7.12. The quantitative estimate of drug-likeness (QED) is 0.608. The second-order valence-corrected chi connectivity index (χ2v) is 3.77. The van der Waals surface area contributed by atoms with Crippen LogP contribution in [0.25, 0.3) is 0 Å². The minimum atomic E-state index is -0.810. The van der Waals surface area contributed by atoms with E-state index in [0.717, 1.165) is 0 Å². The number of rotatable bonds is 4. The van der Waals surface area contributed by atoms with Crippen LogP contribution < -0.4 is 4.74 Å². The molecule has 0 fully saturated rings. The van der Waals surface area contributed by atoms with Crippen LogP contribution in [0.5, 0.6) is 5.75 Å². The number of hydrogen-bond acceptors (Lipinski definition) is 3. The number of hydrogen-bond donors (Lipinski definition) is 1. The first-order valence-corrected chi connectivity index (χ1v) is 5.00. The molecular weight excluding hydrogens is 192 g/mol. The van der Waals surface area contributed by atoms with Crippen molar-refractivity contribution in [2.45, 2.75) is 20.3 Å². The molecule has 1 atom stereocenters. The van der Waals surface area contributed by atoms with E-state index >= 15 is 0 Å². The summed E-state index contributed by atoms with van der Waals surface area (Å²) < 4.78 is 5.16. The normalized spacial score (nSPS) is 14.3. The maximum Gasteiger partial charge on any atom is 0.319 e. The van der Waals surface area contributed by atoms with Gasteiger partial charge in [-0.15, -0.1) is 0 Å². The van der Waals surface area contributed by atoms with Crippen molar-refractivity contribution in [3.63, 3.8) is 0 Å². The molecule has 15 heavy (non-hydrogen) atoms. The smallest absolute Gasteiger partial charge is 0.319 e. The van der Waals surface area contributed by atoms with Crippen LogP contribution in [-0.2, 0) is 4.79 Å². The fourth-order valence-electron chi connectivity index (χ4n) is 1.04. The summed E-state index contributed by atoms with van der Waals surface area (Å²) in [6.45, 7) is 3.34. The van der Waals surface area contributed by atoms with Gasteiger partial charge >= 0.3 is 5.97 Å². The Labute approximate surface area is 89.7 Å². The van der Waals surface area contributed by atoms with Crippen LogP contribution in [0.2, 0.25) is 0 Å². The van der Waals surface area contributed by atoms with E-state index in [2.05, 4.69) is 0 Å². The Morgan fingerprint density at radius 2 is 2.00 bits per heavy atom. The zero-order chi connectivity index (χ0) is 11.3. The molecule has 0 radical (unpaired) electrons. The van der Waals surface area contributed by atoms with Gasteiger partial charge in [0.1, 0.15) is 5.75 Å². The van der Waals surface area contributed by atoms with Crippen molar-refractivity contribution < 1.29 is 14.6 Å². The average molecular weight is 208 g/mol. The standard InChI is InChI=1S/C12H16O3/c1-3-12(2,9-13)11(14)15-10-7-5-4-6-8-10/h4-8,13H,3,9H2,1-2H3. The molecule has 0 amide bonds. The molecule has 0 saturated heterocycles. The summed E-state index contributed by atoms with van der Waals surface area (Å²) in [4.78, 5) is 11.7. The third-order valence-electron chi connectivity index (χ3n) is 2.58. The maximum absolute atomic E-state index is 11.7. The van der Waals surface area contributed by atoms with Crippen molar-refractivity contribution in [2.24, 2.45) is 5.41 Å². The molecule has 0 aliphatic carbocycles. The molecule has 1 unspecified atom stereocenters. The number of carbonyl (C=O) groups excluding carboxylic acids is 1. The maximum atomic E-state index is 11.7. The number of benzene rings is 1. The van der Waals surface area contributed by atoms with E-state index in [1.165, 1.54) is 0 Å². The second kappa shape index (κ2) is 4.94. The largest absolute Gasteiger partial charge is 0.426 e. The van der Waals surface area contributed by atoms with Crippen LogP contribution in [0.4, 0.5) is 0 Å². The Bertz CT molecular complexity index is 315. The molecule has 0 spiro atoms. The number of aliphatic hydroxyl groups excluding tert-OH is 1. The summed E-state index contributed by atoms with van der Waals surface area (Å²) in [6, 6.07) is 8.87. The Balaban J connectivity index is 2.71. The van der Waals surface area contributed by atoms with Crippen LogP contribution in [0.15, 0.2) is 30.3 Å². The van der Waals surface area contributed by atoms with Gasteiger partial charge in [-0.3, -0.25) is 4.79 Å². The lowest BCUT2D eigenvalue weighted by molar-refractivity contribution is -0.147. The van der Waals surface area contributed by atoms with Crippen molar-refractivity contribution in [1.82, 2.24) is 0 Å². The summed E-state index contributed by atoms with van der Waals surface area (Å²) in [5.74, 6) is 0.120. The second-order valence-electron chi connectivity index (χ2n) is 3.77. The predicted molar refractivity (Wildman–Crippen MR) is 57.6 cm³/mol. The van der Waals surface area contributed by atoms with Gasteiger partial charge in [-0.25, -0.2) is 0 Å². The van der Waals surface area contributed by atoms with E-state index in [-0.39, 0.29) is 6.61 Å². The monoisotopic (exact) mass is 208 g/mol. The third kappa shape index (κ3) is 2.80. The summed E-state index contributed by atoms with van der Waals surface area (Å²) >= 11 is 0. The zero-order valence-corrected chi connectivity index (χ0v) is 9.06. The highest BCUT2D eigenvalue weighted by Crippen LogP contribution is 2.23. The van der Waals surface area contributed by atoms with Gasteiger partial charge in [0.2, 0.25) is 0 Å². The molecule has 3 heteroatoms. The van der Waals surface area contributed by atoms with Gasteiger partial charge in [0, 0.05) is 0 Å². The highest BCUT2D eigenvalue weighted by molar-refractivity contribution is 5.78. The minimum absolute atomic E-state index is 0.199. The fourth-order valence-corrected chi connectivity index (χ4v) is 1.04. The SMILES string of the molecule is CCC(C)(CO)C(=O)Oc1ccccc1. The van der Waals surface area contributed by atoms with Crippen molar-refractivity contribution in [3.05, 3.63) is 30.3 Å². The van der Waals surface area contributed by atoms with E-state index in [0.29, 0.717) is 12.2 Å². The van der Waals surface area contributed by atoms with Crippen LogP contribution in [-0.4, -0.2) is 17.7 Å². The Morgan fingerprint density at radius 1 is 1.40 bits per heavy atom. The lowest BCUT2D eigenvalue weighted by Gasteiger charge is -2.22. The number of aliphatic hydroxyl groups is 1. The number of ether oxygens (including phenoxy) is 1. The van der Waals surface area contributed by atoms with E-state index in [1.807, 2.05) is 13.0 Å². The van der Waals surface area contributed by atoms with Crippen LogP contribution in [0.1, 0.15) is 20.3 Å². The average Bonchev–Trinajstić information content (AvgIpc) is 2.29. The van der Waals surface area contributed by atoms with Crippen LogP contribution in [0.3, 0.4) is 0 Å². The summed E-state index contributed by atoms with van der Waals surface area (Å²) in [5, 5.41) is 9.13. The van der Waals surface area contributed by atoms with Crippen molar-refractivity contribution in [3.8, 4) is 5.75 Å². The number of carbonyl (C=O) groups is 1. The van der Waals surface area contributed by atoms with Gasteiger partial charge in [-0.05, 0) is 25.5 Å². The summed E-state index contributed by atoms with van der Waals surface area (Å²) in [6.07, 6.45) is 0.551. The first-order valence-electron chi connectivity index (χ1n) is 5.00. The van der Waals surface area contributed by atoms with Gasteiger partial charge in [0.15, 0.2) is 0 Å². The molecule has 1 N–H and O–H groups in total. The number of esters is 1. The zero-order valence-electron chi connectivity index (χ0n) is 9.06. The molecule has 82 valence electrons. The fraction of sp³-hybridized carbons (Fsp3) is 0.417. The molecule has 0 aliphatic heterocycles. The molecular formula is C12H16O3. The van der Waals surface area contributed by atoms with Crippen molar-refractivity contribution in [1.29, 1.82) is 0 Å². The van der Waals surface area contributed by atoms with E-state index < -0.39 is 11.4 Å². The van der Waals surface area contributed by atoms with Crippen LogP contribution in [0, 0.1) is 5.41 Å². The highest BCUT2D eigenvalue weighted by Gasteiger charge is 2.32. The van der Waals surface area contributed by atoms with Crippen molar-refractivity contribution in [2.75, 3.05) is 6.61 Å². The lowest BCUT2D eigenvalue weighted by atomic mass is 9.89. The molecule has 0 saturated carbocycles. The first kappa shape index (κ1) is 11.7. The van der Waals surface area contributed by atoms with Gasteiger partial charge in [0.05, 0.1) is 12.0 Å². The topological polar surface area (TPSA) is 46.5 Å². The van der Waals surface area contributed by atoms with Gasteiger partial charge in [-0.1, -0.05) is 25.1 Å². The summed E-state index contributed by atoms with van der Waals surface area (Å²) in [7, 11) is 0. The Morgan fingerprint density at radius 3 is 2.47 bits per heavy atom. The number of para-hydroxylation sites is 1. The molecule has 1 aromatic carbocycles. The minimum Gasteiger partial charge on any atom is -0.426 e. The molecule has 0 aliphatic rings. The molecule has 3 nitrogen and oxygen atoms in total. The Kier molecular flexibility index (Phi) is 3.86. The van der Waals surface area contributed by atoms with Gasteiger partial charge in [-0.2, -0.15) is 0 Å². The lowest BCUT2D eigenvalue weighted by Crippen LogP contribution is -2.34.